The van der Waals surface area contributed by atoms with Crippen molar-refractivity contribution in [1.29, 1.82) is 0 Å². The molecule has 0 unspecified atom stereocenters. The zero-order valence-corrected chi connectivity index (χ0v) is 15.5. The summed E-state index contributed by atoms with van der Waals surface area (Å²) in [4.78, 5) is 12.1. The quantitative estimate of drug-likeness (QED) is 0.635. The SMILES string of the molecule is Cc1ccc(-c2ccc(OCC(=O)Nc3cccc(Cl)c3C)cc2)cc1. The second kappa shape index (κ2) is 8.07. The maximum absolute atomic E-state index is 12.1. The Bertz CT molecular complexity index is 902. The first-order chi connectivity index (χ1) is 12.5. The van der Waals surface area contributed by atoms with E-state index < -0.39 is 0 Å². The average Bonchev–Trinajstić information content (AvgIpc) is 2.65. The van der Waals surface area contributed by atoms with Crippen molar-refractivity contribution in [2.24, 2.45) is 0 Å². The van der Waals surface area contributed by atoms with Crippen LogP contribution >= 0.6 is 11.6 Å². The Hall–Kier alpha value is -2.78. The van der Waals surface area contributed by atoms with E-state index in [0.717, 1.165) is 16.7 Å². The lowest BCUT2D eigenvalue weighted by Crippen LogP contribution is -2.20. The van der Waals surface area contributed by atoms with Crippen molar-refractivity contribution in [3.63, 3.8) is 0 Å². The molecule has 0 fully saturated rings. The van der Waals surface area contributed by atoms with E-state index in [0.29, 0.717) is 16.5 Å². The van der Waals surface area contributed by atoms with Gasteiger partial charge in [-0.2, -0.15) is 0 Å². The van der Waals surface area contributed by atoms with Crippen molar-refractivity contribution < 1.29 is 9.53 Å². The van der Waals surface area contributed by atoms with Crippen LogP contribution in [0.2, 0.25) is 5.02 Å². The highest BCUT2D eigenvalue weighted by Gasteiger charge is 2.08. The molecule has 1 amide bonds. The van der Waals surface area contributed by atoms with E-state index in [1.54, 1.807) is 12.1 Å². The van der Waals surface area contributed by atoms with Crippen molar-refractivity contribution >= 4 is 23.2 Å². The normalized spacial score (nSPS) is 10.4. The smallest absolute Gasteiger partial charge is 0.262 e. The maximum Gasteiger partial charge on any atom is 0.262 e. The number of rotatable bonds is 5. The van der Waals surface area contributed by atoms with E-state index >= 15 is 0 Å². The molecule has 0 saturated carbocycles. The van der Waals surface area contributed by atoms with Crippen LogP contribution in [0.15, 0.2) is 66.7 Å². The number of anilines is 1. The lowest BCUT2D eigenvalue weighted by atomic mass is 10.0. The fourth-order valence-electron chi connectivity index (χ4n) is 2.57. The molecule has 0 aliphatic rings. The van der Waals surface area contributed by atoms with Gasteiger partial charge in [0.2, 0.25) is 0 Å². The molecular weight excluding hydrogens is 346 g/mol. The first kappa shape index (κ1) is 18.0. The third kappa shape index (κ3) is 4.44. The number of hydrogen-bond donors (Lipinski definition) is 1. The molecule has 0 spiro atoms. The molecule has 1 N–H and O–H groups in total. The largest absolute Gasteiger partial charge is 0.484 e. The van der Waals surface area contributed by atoms with Gasteiger partial charge in [-0.15, -0.1) is 0 Å². The van der Waals surface area contributed by atoms with E-state index in [1.165, 1.54) is 5.56 Å². The molecule has 132 valence electrons. The van der Waals surface area contributed by atoms with Gasteiger partial charge in [-0.25, -0.2) is 0 Å². The van der Waals surface area contributed by atoms with Crippen LogP contribution in [0.1, 0.15) is 11.1 Å². The zero-order valence-electron chi connectivity index (χ0n) is 14.8. The molecule has 26 heavy (non-hydrogen) atoms. The molecular formula is C22H20ClNO2. The number of aryl methyl sites for hydroxylation is 1. The van der Waals surface area contributed by atoms with E-state index in [2.05, 4.69) is 36.5 Å². The maximum atomic E-state index is 12.1. The summed E-state index contributed by atoms with van der Waals surface area (Å²) in [5.74, 6) is 0.428. The lowest BCUT2D eigenvalue weighted by Gasteiger charge is -2.11. The van der Waals surface area contributed by atoms with Crippen molar-refractivity contribution in [3.8, 4) is 16.9 Å². The summed E-state index contributed by atoms with van der Waals surface area (Å²) in [5.41, 5.74) is 5.02. The molecule has 4 heteroatoms. The molecule has 0 atom stereocenters. The Balaban J connectivity index is 1.58. The van der Waals surface area contributed by atoms with Crippen LogP contribution in [0.5, 0.6) is 5.75 Å². The fourth-order valence-corrected chi connectivity index (χ4v) is 2.74. The van der Waals surface area contributed by atoms with Gasteiger partial charge in [-0.3, -0.25) is 4.79 Å². The number of ether oxygens (including phenoxy) is 1. The minimum atomic E-state index is -0.224. The predicted octanol–water partition coefficient (Wildman–Crippen LogP) is 5.64. The molecule has 0 heterocycles. The molecule has 0 bridgehead atoms. The van der Waals surface area contributed by atoms with Gasteiger partial charge in [-0.05, 0) is 54.8 Å². The topological polar surface area (TPSA) is 38.3 Å². The molecule has 3 aromatic carbocycles. The Labute approximate surface area is 158 Å². The van der Waals surface area contributed by atoms with Crippen LogP contribution in [0.4, 0.5) is 5.69 Å². The average molecular weight is 366 g/mol. The second-order valence-corrected chi connectivity index (χ2v) is 6.55. The van der Waals surface area contributed by atoms with E-state index in [9.17, 15) is 4.79 Å². The van der Waals surface area contributed by atoms with Gasteiger partial charge in [0, 0.05) is 10.7 Å². The summed E-state index contributed by atoms with van der Waals surface area (Å²) >= 11 is 6.06. The second-order valence-electron chi connectivity index (χ2n) is 6.14. The summed E-state index contributed by atoms with van der Waals surface area (Å²) in [5, 5.41) is 3.44. The van der Waals surface area contributed by atoms with Crippen molar-refractivity contribution in [1.82, 2.24) is 0 Å². The van der Waals surface area contributed by atoms with Gasteiger partial charge in [-0.1, -0.05) is 59.6 Å². The molecule has 0 aromatic heterocycles. The number of benzene rings is 3. The summed E-state index contributed by atoms with van der Waals surface area (Å²) in [6, 6.07) is 21.5. The first-order valence-electron chi connectivity index (χ1n) is 8.38. The van der Waals surface area contributed by atoms with Crippen molar-refractivity contribution in [2.45, 2.75) is 13.8 Å². The highest BCUT2D eigenvalue weighted by atomic mass is 35.5. The number of carbonyl (C=O) groups is 1. The number of halogens is 1. The summed E-state index contributed by atoms with van der Waals surface area (Å²) in [7, 11) is 0. The minimum absolute atomic E-state index is 0.0597. The Morgan fingerprint density at radius 2 is 1.54 bits per heavy atom. The molecule has 0 radical (unpaired) electrons. The first-order valence-corrected chi connectivity index (χ1v) is 8.75. The highest BCUT2D eigenvalue weighted by Crippen LogP contribution is 2.24. The third-order valence-corrected chi connectivity index (χ3v) is 4.56. The van der Waals surface area contributed by atoms with Gasteiger partial charge in [0.05, 0.1) is 0 Å². The van der Waals surface area contributed by atoms with Gasteiger partial charge in [0.1, 0.15) is 5.75 Å². The van der Waals surface area contributed by atoms with Crippen molar-refractivity contribution in [3.05, 3.63) is 82.9 Å². The van der Waals surface area contributed by atoms with E-state index in [1.807, 2.05) is 37.3 Å². The fraction of sp³-hybridized carbons (Fsp3) is 0.136. The predicted molar refractivity (Wildman–Crippen MR) is 107 cm³/mol. The Morgan fingerprint density at radius 3 is 2.19 bits per heavy atom. The molecule has 3 nitrogen and oxygen atoms in total. The zero-order chi connectivity index (χ0) is 18.5. The van der Waals surface area contributed by atoms with Crippen molar-refractivity contribution in [2.75, 3.05) is 11.9 Å². The van der Waals surface area contributed by atoms with Crippen LogP contribution < -0.4 is 10.1 Å². The minimum Gasteiger partial charge on any atom is -0.484 e. The van der Waals surface area contributed by atoms with Gasteiger partial charge >= 0.3 is 0 Å². The van der Waals surface area contributed by atoms with Crippen LogP contribution in [0.25, 0.3) is 11.1 Å². The Morgan fingerprint density at radius 1 is 0.923 bits per heavy atom. The van der Waals surface area contributed by atoms with Crippen LogP contribution in [-0.4, -0.2) is 12.5 Å². The molecule has 0 aliphatic carbocycles. The third-order valence-electron chi connectivity index (χ3n) is 4.15. The standard InChI is InChI=1S/C22H20ClNO2/c1-15-6-8-17(9-7-15)18-10-12-19(13-11-18)26-14-22(25)24-21-5-3-4-20(23)16(21)2/h3-13H,14H2,1-2H3,(H,24,25). The van der Waals surface area contributed by atoms with Gasteiger partial charge < -0.3 is 10.1 Å². The van der Waals surface area contributed by atoms with Gasteiger partial charge in [0.15, 0.2) is 6.61 Å². The van der Waals surface area contributed by atoms with Gasteiger partial charge in [0.25, 0.3) is 5.91 Å². The van der Waals surface area contributed by atoms with E-state index in [4.69, 9.17) is 16.3 Å². The molecule has 0 saturated heterocycles. The number of amides is 1. The van der Waals surface area contributed by atoms with E-state index in [-0.39, 0.29) is 12.5 Å². The van der Waals surface area contributed by atoms with Crippen LogP contribution in [0.3, 0.4) is 0 Å². The number of carbonyl (C=O) groups excluding carboxylic acids is 1. The molecule has 0 aliphatic heterocycles. The number of nitrogens with one attached hydrogen (secondary N) is 1. The van der Waals surface area contributed by atoms with Crippen LogP contribution in [-0.2, 0) is 4.79 Å². The highest BCUT2D eigenvalue weighted by molar-refractivity contribution is 6.31. The molecule has 3 rings (SSSR count). The summed E-state index contributed by atoms with van der Waals surface area (Å²) < 4.78 is 5.58. The summed E-state index contributed by atoms with van der Waals surface area (Å²) in [6.07, 6.45) is 0. The Kier molecular flexibility index (Phi) is 5.59. The van der Waals surface area contributed by atoms with Crippen LogP contribution in [0, 0.1) is 13.8 Å². The summed E-state index contributed by atoms with van der Waals surface area (Å²) in [6.45, 7) is 3.87. The molecule has 3 aromatic rings. The monoisotopic (exact) mass is 365 g/mol. The lowest BCUT2D eigenvalue weighted by molar-refractivity contribution is -0.118. The number of hydrogen-bond acceptors (Lipinski definition) is 2.